The molecule has 0 radical (unpaired) electrons. The normalized spacial score (nSPS) is 13.7. The van der Waals surface area contributed by atoms with E-state index in [4.69, 9.17) is 9.47 Å². The SMILES string of the molecule is CC(C)Oc1ccc(C(O)COC(C)(C)C)cc1. The highest BCUT2D eigenvalue weighted by Crippen LogP contribution is 2.20. The number of ether oxygens (including phenoxy) is 2. The first-order chi connectivity index (χ1) is 8.28. The number of aliphatic hydroxyl groups excluding tert-OH is 1. The van der Waals surface area contributed by atoms with Gasteiger partial charge in [0.25, 0.3) is 0 Å². The van der Waals surface area contributed by atoms with Crippen molar-refractivity contribution < 1.29 is 14.6 Å². The predicted octanol–water partition coefficient (Wildman–Crippen LogP) is 3.32. The fraction of sp³-hybridized carbons (Fsp3) is 0.600. The van der Waals surface area contributed by atoms with Gasteiger partial charge in [0.2, 0.25) is 0 Å². The van der Waals surface area contributed by atoms with Gasteiger partial charge in [-0.05, 0) is 52.3 Å². The Morgan fingerprint density at radius 3 is 2.11 bits per heavy atom. The Balaban J connectivity index is 2.56. The molecule has 0 fully saturated rings. The van der Waals surface area contributed by atoms with Crippen LogP contribution in [0.1, 0.15) is 46.3 Å². The fourth-order valence-electron chi connectivity index (χ4n) is 1.47. The van der Waals surface area contributed by atoms with Gasteiger partial charge in [-0.15, -0.1) is 0 Å². The van der Waals surface area contributed by atoms with Gasteiger partial charge >= 0.3 is 0 Å². The summed E-state index contributed by atoms with van der Waals surface area (Å²) >= 11 is 0. The molecule has 3 heteroatoms. The molecule has 0 aliphatic rings. The number of aliphatic hydroxyl groups is 1. The molecule has 18 heavy (non-hydrogen) atoms. The second kappa shape index (κ2) is 6.21. The summed E-state index contributed by atoms with van der Waals surface area (Å²) in [6.07, 6.45) is -0.442. The second-order valence-corrected chi connectivity index (χ2v) is 5.67. The van der Waals surface area contributed by atoms with Gasteiger partial charge in [-0.25, -0.2) is 0 Å². The van der Waals surface area contributed by atoms with Crippen LogP contribution in [-0.4, -0.2) is 23.4 Å². The lowest BCUT2D eigenvalue weighted by Crippen LogP contribution is -2.22. The molecule has 1 rings (SSSR count). The first kappa shape index (κ1) is 15.0. The first-order valence-corrected chi connectivity index (χ1v) is 6.36. The van der Waals surface area contributed by atoms with E-state index in [1.165, 1.54) is 0 Å². The van der Waals surface area contributed by atoms with Crippen LogP contribution in [0.4, 0.5) is 0 Å². The molecule has 1 atom stereocenters. The van der Waals surface area contributed by atoms with Crippen molar-refractivity contribution in [2.45, 2.75) is 52.4 Å². The maximum Gasteiger partial charge on any atom is 0.119 e. The summed E-state index contributed by atoms with van der Waals surface area (Å²) in [7, 11) is 0. The molecule has 0 saturated carbocycles. The molecule has 0 aromatic heterocycles. The Morgan fingerprint density at radius 2 is 1.67 bits per heavy atom. The van der Waals surface area contributed by atoms with Gasteiger partial charge in [0, 0.05) is 0 Å². The standard InChI is InChI=1S/C15H24O3/c1-11(2)18-13-8-6-12(7-9-13)14(16)10-17-15(3,4)5/h6-9,11,14,16H,10H2,1-5H3. The van der Waals surface area contributed by atoms with Crippen molar-refractivity contribution in [2.75, 3.05) is 6.61 Å². The van der Waals surface area contributed by atoms with E-state index in [1.807, 2.05) is 58.9 Å². The van der Waals surface area contributed by atoms with Gasteiger partial charge in [-0.2, -0.15) is 0 Å². The van der Waals surface area contributed by atoms with Gasteiger partial charge in [-0.1, -0.05) is 12.1 Å². The minimum absolute atomic E-state index is 0.157. The average molecular weight is 252 g/mol. The molecule has 1 aromatic rings. The third-order valence-electron chi connectivity index (χ3n) is 2.31. The zero-order valence-corrected chi connectivity index (χ0v) is 11.9. The Labute approximate surface area is 110 Å². The summed E-state index contributed by atoms with van der Waals surface area (Å²) in [5, 5.41) is 9.99. The molecule has 1 N–H and O–H groups in total. The van der Waals surface area contributed by atoms with E-state index >= 15 is 0 Å². The highest BCUT2D eigenvalue weighted by Gasteiger charge is 2.14. The smallest absolute Gasteiger partial charge is 0.119 e. The summed E-state index contributed by atoms with van der Waals surface area (Å²) in [4.78, 5) is 0. The van der Waals surface area contributed by atoms with Crippen molar-refractivity contribution in [3.63, 3.8) is 0 Å². The third kappa shape index (κ3) is 5.52. The van der Waals surface area contributed by atoms with E-state index in [0.29, 0.717) is 6.61 Å². The molecule has 0 aliphatic carbocycles. The van der Waals surface area contributed by atoms with Gasteiger partial charge in [-0.3, -0.25) is 0 Å². The highest BCUT2D eigenvalue weighted by atomic mass is 16.5. The lowest BCUT2D eigenvalue weighted by atomic mass is 10.1. The van der Waals surface area contributed by atoms with E-state index in [2.05, 4.69) is 0 Å². The third-order valence-corrected chi connectivity index (χ3v) is 2.31. The van der Waals surface area contributed by atoms with Gasteiger partial charge < -0.3 is 14.6 Å². The van der Waals surface area contributed by atoms with Crippen molar-refractivity contribution in [3.8, 4) is 5.75 Å². The number of rotatable bonds is 5. The fourth-order valence-corrected chi connectivity index (χ4v) is 1.47. The van der Waals surface area contributed by atoms with Crippen LogP contribution in [-0.2, 0) is 4.74 Å². The zero-order valence-electron chi connectivity index (χ0n) is 11.9. The Hall–Kier alpha value is -1.06. The molecule has 1 unspecified atom stereocenters. The van der Waals surface area contributed by atoms with Crippen LogP contribution in [0.15, 0.2) is 24.3 Å². The van der Waals surface area contributed by atoms with Gasteiger partial charge in [0.05, 0.1) is 18.3 Å². The number of hydrogen-bond acceptors (Lipinski definition) is 3. The molecule has 0 spiro atoms. The van der Waals surface area contributed by atoms with E-state index in [9.17, 15) is 5.11 Å². The summed E-state index contributed by atoms with van der Waals surface area (Å²) in [5.74, 6) is 0.817. The Bertz CT molecular complexity index is 349. The van der Waals surface area contributed by atoms with Crippen molar-refractivity contribution >= 4 is 0 Å². The average Bonchev–Trinajstić information content (AvgIpc) is 2.25. The number of hydrogen-bond donors (Lipinski definition) is 1. The van der Waals surface area contributed by atoms with Gasteiger partial charge in [0.1, 0.15) is 11.9 Å². The largest absolute Gasteiger partial charge is 0.491 e. The van der Waals surface area contributed by atoms with E-state index in [1.54, 1.807) is 0 Å². The topological polar surface area (TPSA) is 38.7 Å². The van der Waals surface area contributed by atoms with E-state index < -0.39 is 6.10 Å². The lowest BCUT2D eigenvalue weighted by Gasteiger charge is -2.22. The second-order valence-electron chi connectivity index (χ2n) is 5.67. The molecule has 0 bridgehead atoms. The van der Waals surface area contributed by atoms with Gasteiger partial charge in [0.15, 0.2) is 0 Å². The molecular formula is C15H24O3. The lowest BCUT2D eigenvalue weighted by molar-refractivity contribution is -0.0496. The summed E-state index contributed by atoms with van der Waals surface area (Å²) in [5.41, 5.74) is 0.608. The van der Waals surface area contributed by atoms with Crippen LogP contribution in [0.5, 0.6) is 5.75 Å². The van der Waals surface area contributed by atoms with Crippen molar-refractivity contribution in [2.24, 2.45) is 0 Å². The van der Waals surface area contributed by atoms with Crippen LogP contribution in [0, 0.1) is 0 Å². The Morgan fingerprint density at radius 1 is 1.11 bits per heavy atom. The maximum absolute atomic E-state index is 9.99. The Kier molecular flexibility index (Phi) is 5.17. The first-order valence-electron chi connectivity index (χ1n) is 6.36. The van der Waals surface area contributed by atoms with Crippen LogP contribution in [0.3, 0.4) is 0 Å². The molecule has 102 valence electrons. The van der Waals surface area contributed by atoms with E-state index in [0.717, 1.165) is 11.3 Å². The molecular weight excluding hydrogens is 228 g/mol. The van der Waals surface area contributed by atoms with Crippen LogP contribution in [0.25, 0.3) is 0 Å². The van der Waals surface area contributed by atoms with Crippen LogP contribution >= 0.6 is 0 Å². The van der Waals surface area contributed by atoms with Crippen LogP contribution < -0.4 is 4.74 Å². The summed E-state index contributed by atoms with van der Waals surface area (Å²) in [6, 6.07) is 7.48. The molecule has 0 aliphatic heterocycles. The van der Waals surface area contributed by atoms with Crippen molar-refractivity contribution in [3.05, 3.63) is 29.8 Å². The summed E-state index contributed by atoms with van der Waals surface area (Å²) in [6.45, 7) is 10.2. The molecule has 0 amide bonds. The number of benzene rings is 1. The van der Waals surface area contributed by atoms with Crippen LogP contribution in [0.2, 0.25) is 0 Å². The van der Waals surface area contributed by atoms with E-state index in [-0.39, 0.29) is 11.7 Å². The molecule has 0 heterocycles. The van der Waals surface area contributed by atoms with Crippen molar-refractivity contribution in [1.29, 1.82) is 0 Å². The molecule has 1 aromatic carbocycles. The highest BCUT2D eigenvalue weighted by molar-refractivity contribution is 5.28. The molecule has 0 saturated heterocycles. The zero-order chi connectivity index (χ0) is 13.8. The molecule has 3 nitrogen and oxygen atoms in total. The predicted molar refractivity (Wildman–Crippen MR) is 72.9 cm³/mol. The maximum atomic E-state index is 9.99. The minimum Gasteiger partial charge on any atom is -0.491 e. The quantitative estimate of drug-likeness (QED) is 0.873. The monoisotopic (exact) mass is 252 g/mol. The van der Waals surface area contributed by atoms with Crippen molar-refractivity contribution in [1.82, 2.24) is 0 Å². The summed E-state index contributed by atoms with van der Waals surface area (Å²) < 4.78 is 11.1. The minimum atomic E-state index is -0.600.